The summed E-state index contributed by atoms with van der Waals surface area (Å²) >= 11 is 6.80. The number of nitrogens with one attached hydrogen (secondary N) is 1. The SMILES string of the molecule is O=C(Nc1ncc(Cl)s1)c1ccccc1[O-]. The molecule has 0 aliphatic carbocycles. The third-order valence-corrected chi connectivity index (χ3v) is 2.86. The van der Waals surface area contributed by atoms with E-state index < -0.39 is 5.91 Å². The summed E-state index contributed by atoms with van der Waals surface area (Å²) in [5.74, 6) is -0.792. The van der Waals surface area contributed by atoms with Crippen LogP contribution in [-0.4, -0.2) is 10.9 Å². The van der Waals surface area contributed by atoms with Gasteiger partial charge in [-0.3, -0.25) is 10.1 Å². The molecule has 0 aliphatic heterocycles. The Morgan fingerprint density at radius 1 is 1.44 bits per heavy atom. The first-order valence-corrected chi connectivity index (χ1v) is 5.55. The quantitative estimate of drug-likeness (QED) is 0.892. The summed E-state index contributed by atoms with van der Waals surface area (Å²) in [5.41, 5.74) is 0.0915. The monoisotopic (exact) mass is 253 g/mol. The molecule has 1 N–H and O–H groups in total. The van der Waals surface area contributed by atoms with Gasteiger partial charge in [0.25, 0.3) is 5.91 Å². The predicted molar refractivity (Wildman–Crippen MR) is 61.0 cm³/mol. The van der Waals surface area contributed by atoms with Gasteiger partial charge in [0.05, 0.1) is 6.20 Å². The Labute approximate surface area is 101 Å². The summed E-state index contributed by atoms with van der Waals surface area (Å²) in [6, 6.07) is 6.02. The van der Waals surface area contributed by atoms with Gasteiger partial charge in [0.2, 0.25) is 0 Å². The number of hydrogen-bond acceptors (Lipinski definition) is 4. The molecule has 6 heteroatoms. The van der Waals surface area contributed by atoms with Crippen molar-refractivity contribution in [3.8, 4) is 5.75 Å². The normalized spacial score (nSPS) is 10.1. The van der Waals surface area contributed by atoms with Gasteiger partial charge < -0.3 is 5.11 Å². The van der Waals surface area contributed by atoms with Crippen molar-refractivity contribution in [2.45, 2.75) is 0 Å². The van der Waals surface area contributed by atoms with Crippen LogP contribution in [0.4, 0.5) is 5.13 Å². The molecule has 0 aliphatic rings. The summed E-state index contributed by atoms with van der Waals surface area (Å²) in [6.07, 6.45) is 1.44. The van der Waals surface area contributed by atoms with Crippen LogP contribution < -0.4 is 10.4 Å². The molecule has 0 fully saturated rings. The fraction of sp³-hybridized carbons (Fsp3) is 0. The number of thiazole rings is 1. The number of carbonyl (C=O) groups excluding carboxylic acids is 1. The van der Waals surface area contributed by atoms with Crippen LogP contribution in [0.3, 0.4) is 0 Å². The van der Waals surface area contributed by atoms with E-state index in [1.165, 1.54) is 18.3 Å². The zero-order valence-corrected chi connectivity index (χ0v) is 9.51. The molecule has 0 spiro atoms. The van der Waals surface area contributed by atoms with Gasteiger partial charge in [0.1, 0.15) is 4.34 Å². The Hall–Kier alpha value is -1.59. The van der Waals surface area contributed by atoms with Crippen LogP contribution in [0.2, 0.25) is 4.34 Å². The van der Waals surface area contributed by atoms with Gasteiger partial charge >= 0.3 is 0 Å². The second kappa shape index (κ2) is 4.51. The Kier molecular flexibility index (Phi) is 3.07. The van der Waals surface area contributed by atoms with Crippen LogP contribution in [0.25, 0.3) is 0 Å². The fourth-order valence-electron chi connectivity index (χ4n) is 1.13. The number of anilines is 1. The largest absolute Gasteiger partial charge is 0.872 e. The molecule has 16 heavy (non-hydrogen) atoms. The number of nitrogens with zero attached hydrogens (tertiary/aromatic N) is 1. The van der Waals surface area contributed by atoms with Crippen molar-refractivity contribution < 1.29 is 9.90 Å². The van der Waals surface area contributed by atoms with Gasteiger partial charge in [-0.25, -0.2) is 4.98 Å². The lowest BCUT2D eigenvalue weighted by Crippen LogP contribution is -2.13. The Morgan fingerprint density at radius 2 is 2.19 bits per heavy atom. The van der Waals surface area contributed by atoms with E-state index in [0.717, 1.165) is 11.3 Å². The highest BCUT2D eigenvalue weighted by Gasteiger charge is 2.08. The van der Waals surface area contributed by atoms with E-state index in [0.29, 0.717) is 9.47 Å². The van der Waals surface area contributed by atoms with Crippen LogP contribution >= 0.6 is 22.9 Å². The van der Waals surface area contributed by atoms with E-state index in [4.69, 9.17) is 11.6 Å². The average Bonchev–Trinajstić information content (AvgIpc) is 2.64. The molecular weight excluding hydrogens is 248 g/mol. The van der Waals surface area contributed by atoms with Gasteiger partial charge in [0, 0.05) is 5.56 Å². The third kappa shape index (κ3) is 2.32. The van der Waals surface area contributed by atoms with Crippen LogP contribution in [-0.2, 0) is 0 Å². The van der Waals surface area contributed by atoms with E-state index >= 15 is 0 Å². The lowest BCUT2D eigenvalue weighted by atomic mass is 10.2. The highest BCUT2D eigenvalue weighted by atomic mass is 35.5. The lowest BCUT2D eigenvalue weighted by Gasteiger charge is -2.11. The third-order valence-electron chi connectivity index (χ3n) is 1.83. The Balaban J connectivity index is 2.18. The molecule has 1 aromatic heterocycles. The molecule has 0 atom stereocenters. The Morgan fingerprint density at radius 3 is 2.81 bits per heavy atom. The number of hydrogen-bond donors (Lipinski definition) is 1. The zero-order chi connectivity index (χ0) is 11.5. The first-order valence-electron chi connectivity index (χ1n) is 4.35. The maximum absolute atomic E-state index is 11.7. The molecule has 0 saturated carbocycles. The van der Waals surface area contributed by atoms with E-state index in [1.807, 2.05) is 0 Å². The molecule has 0 unspecified atom stereocenters. The molecule has 0 saturated heterocycles. The van der Waals surface area contributed by atoms with Crippen molar-refractivity contribution >= 4 is 34.0 Å². The minimum Gasteiger partial charge on any atom is -0.872 e. The maximum atomic E-state index is 11.7. The van der Waals surface area contributed by atoms with Gasteiger partial charge in [-0.2, -0.15) is 0 Å². The summed E-state index contributed by atoms with van der Waals surface area (Å²) < 4.78 is 0.478. The minimum atomic E-state index is -0.475. The molecule has 1 amide bonds. The molecular formula is C10H6ClN2O2S-. The summed E-state index contributed by atoms with van der Waals surface area (Å²) in [5, 5.41) is 14.2. The first kappa shape index (κ1) is 10.9. The molecule has 1 aromatic carbocycles. The average molecular weight is 254 g/mol. The van der Waals surface area contributed by atoms with Crippen LogP contribution in [0, 0.1) is 0 Å². The van der Waals surface area contributed by atoms with Crippen LogP contribution in [0.15, 0.2) is 30.5 Å². The number of amides is 1. The van der Waals surface area contributed by atoms with Crippen molar-refractivity contribution in [3.63, 3.8) is 0 Å². The van der Waals surface area contributed by atoms with Crippen molar-refractivity contribution in [3.05, 3.63) is 40.4 Å². The van der Waals surface area contributed by atoms with Crippen LogP contribution in [0.1, 0.15) is 10.4 Å². The van der Waals surface area contributed by atoms with Gasteiger partial charge in [-0.1, -0.05) is 53.0 Å². The van der Waals surface area contributed by atoms with Gasteiger partial charge in [0.15, 0.2) is 5.13 Å². The number of carbonyl (C=O) groups is 1. The smallest absolute Gasteiger partial charge is 0.256 e. The molecule has 0 bridgehead atoms. The summed E-state index contributed by atoms with van der Waals surface area (Å²) in [7, 11) is 0. The number of rotatable bonds is 2. The van der Waals surface area contributed by atoms with Crippen molar-refractivity contribution in [2.75, 3.05) is 5.32 Å². The van der Waals surface area contributed by atoms with E-state index in [2.05, 4.69) is 10.3 Å². The number of para-hydroxylation sites is 1. The summed E-state index contributed by atoms with van der Waals surface area (Å²) in [4.78, 5) is 15.5. The Bertz CT molecular complexity index is 527. The highest BCUT2D eigenvalue weighted by molar-refractivity contribution is 7.19. The van der Waals surface area contributed by atoms with Gasteiger partial charge in [-0.05, 0) is 0 Å². The number of aromatic nitrogens is 1. The molecule has 0 radical (unpaired) electrons. The van der Waals surface area contributed by atoms with E-state index in [-0.39, 0.29) is 11.3 Å². The van der Waals surface area contributed by atoms with E-state index in [9.17, 15) is 9.90 Å². The van der Waals surface area contributed by atoms with Gasteiger partial charge in [-0.15, -0.1) is 0 Å². The summed E-state index contributed by atoms with van der Waals surface area (Å²) in [6.45, 7) is 0. The predicted octanol–water partition coefficient (Wildman–Crippen LogP) is 2.12. The molecule has 2 rings (SSSR count). The number of benzene rings is 1. The second-order valence-corrected chi connectivity index (χ2v) is 4.58. The molecule has 1 heterocycles. The van der Waals surface area contributed by atoms with Crippen LogP contribution in [0.5, 0.6) is 5.75 Å². The van der Waals surface area contributed by atoms with E-state index in [1.54, 1.807) is 12.1 Å². The first-order chi connectivity index (χ1) is 7.66. The van der Waals surface area contributed by atoms with Crippen molar-refractivity contribution in [2.24, 2.45) is 0 Å². The standard InChI is InChI=1S/C10H7ClN2O2S/c11-8-5-12-10(16-8)13-9(15)6-3-1-2-4-7(6)14/h1-5,14H,(H,12,13,15)/p-1. The van der Waals surface area contributed by atoms with Crippen molar-refractivity contribution in [1.29, 1.82) is 0 Å². The highest BCUT2D eigenvalue weighted by Crippen LogP contribution is 2.23. The topological polar surface area (TPSA) is 65.0 Å². The maximum Gasteiger partial charge on any atom is 0.256 e. The van der Waals surface area contributed by atoms with Crippen molar-refractivity contribution in [1.82, 2.24) is 4.98 Å². The molecule has 4 nitrogen and oxygen atoms in total. The zero-order valence-electron chi connectivity index (χ0n) is 7.94. The molecule has 82 valence electrons. The lowest BCUT2D eigenvalue weighted by molar-refractivity contribution is -0.268. The second-order valence-electron chi connectivity index (χ2n) is 2.92. The minimum absolute atomic E-state index is 0.0915. The molecule has 2 aromatic rings. The number of halogens is 1. The fourth-order valence-corrected chi connectivity index (χ4v) is 1.94.